The van der Waals surface area contributed by atoms with Crippen molar-refractivity contribution in [1.82, 2.24) is 4.90 Å². The number of piperazine rings is 1. The minimum Gasteiger partial charge on any atom is -0.479 e. The van der Waals surface area contributed by atoms with Gasteiger partial charge >= 0.3 is 5.97 Å². The number of carbonyl (C=O) groups excluding carboxylic acids is 2. The fourth-order valence-electron chi connectivity index (χ4n) is 3.05. The van der Waals surface area contributed by atoms with E-state index in [0.717, 1.165) is 18.8 Å². The average molecular weight is 393 g/mol. The van der Waals surface area contributed by atoms with Gasteiger partial charge in [0.1, 0.15) is 5.75 Å². The Labute approximate surface area is 170 Å². The van der Waals surface area contributed by atoms with E-state index in [9.17, 15) is 9.59 Å². The van der Waals surface area contributed by atoms with Crippen LogP contribution in [0.4, 0.5) is 5.69 Å². The third kappa shape index (κ3) is 5.48. The highest BCUT2D eigenvalue weighted by Crippen LogP contribution is 2.16. The average Bonchev–Trinajstić information content (AvgIpc) is 2.78. The number of nitriles is 1. The first-order valence-corrected chi connectivity index (χ1v) is 9.48. The second-order valence-corrected chi connectivity index (χ2v) is 6.71. The van der Waals surface area contributed by atoms with E-state index in [2.05, 4.69) is 17.0 Å². The summed E-state index contributed by atoms with van der Waals surface area (Å²) in [5.74, 6) is -0.362. The van der Waals surface area contributed by atoms with Gasteiger partial charge in [-0.25, -0.2) is 4.79 Å². The van der Waals surface area contributed by atoms with Crippen molar-refractivity contribution < 1.29 is 19.1 Å². The van der Waals surface area contributed by atoms with Gasteiger partial charge in [0.05, 0.1) is 11.6 Å². The van der Waals surface area contributed by atoms with Crippen molar-refractivity contribution in [1.29, 1.82) is 5.26 Å². The monoisotopic (exact) mass is 393 g/mol. The summed E-state index contributed by atoms with van der Waals surface area (Å²) in [4.78, 5) is 28.4. The number of rotatable bonds is 6. The molecule has 0 aliphatic carbocycles. The molecule has 29 heavy (non-hydrogen) atoms. The van der Waals surface area contributed by atoms with Gasteiger partial charge in [0.2, 0.25) is 0 Å². The van der Waals surface area contributed by atoms with Crippen molar-refractivity contribution in [3.05, 3.63) is 60.2 Å². The minimum atomic E-state index is -0.856. The quantitative estimate of drug-likeness (QED) is 0.700. The Balaban J connectivity index is 1.41. The number of benzene rings is 2. The zero-order valence-corrected chi connectivity index (χ0v) is 16.3. The zero-order valence-electron chi connectivity index (χ0n) is 16.3. The number of nitrogens with zero attached hydrogens (tertiary/aromatic N) is 3. The molecule has 150 valence electrons. The predicted molar refractivity (Wildman–Crippen MR) is 107 cm³/mol. The zero-order chi connectivity index (χ0) is 20.6. The van der Waals surface area contributed by atoms with Gasteiger partial charge in [0.15, 0.2) is 12.7 Å². The molecular formula is C22H23N3O4. The first-order valence-electron chi connectivity index (χ1n) is 9.48. The molecule has 3 rings (SSSR count). The van der Waals surface area contributed by atoms with Crippen LogP contribution in [0.25, 0.3) is 0 Å². The number of amides is 1. The molecule has 7 heteroatoms. The molecular weight excluding hydrogens is 370 g/mol. The summed E-state index contributed by atoms with van der Waals surface area (Å²) < 4.78 is 10.6. The number of anilines is 1. The van der Waals surface area contributed by atoms with Crippen molar-refractivity contribution in [2.45, 2.75) is 13.0 Å². The van der Waals surface area contributed by atoms with Crippen LogP contribution in [0.15, 0.2) is 54.6 Å². The summed E-state index contributed by atoms with van der Waals surface area (Å²) >= 11 is 0. The van der Waals surface area contributed by atoms with Gasteiger partial charge in [-0.3, -0.25) is 4.79 Å². The third-order valence-corrected chi connectivity index (χ3v) is 4.72. The molecule has 0 saturated carbocycles. The van der Waals surface area contributed by atoms with Crippen LogP contribution in [0.3, 0.4) is 0 Å². The van der Waals surface area contributed by atoms with E-state index in [4.69, 9.17) is 14.7 Å². The Morgan fingerprint density at radius 3 is 2.31 bits per heavy atom. The molecule has 1 atom stereocenters. The van der Waals surface area contributed by atoms with Crippen LogP contribution in [0, 0.1) is 11.3 Å². The van der Waals surface area contributed by atoms with Crippen molar-refractivity contribution in [3.63, 3.8) is 0 Å². The molecule has 0 radical (unpaired) electrons. The van der Waals surface area contributed by atoms with Gasteiger partial charge in [0, 0.05) is 31.9 Å². The fourth-order valence-corrected chi connectivity index (χ4v) is 3.05. The van der Waals surface area contributed by atoms with Crippen LogP contribution in [0.2, 0.25) is 0 Å². The first kappa shape index (κ1) is 20.2. The molecule has 0 N–H and O–H groups in total. The van der Waals surface area contributed by atoms with Crippen LogP contribution >= 0.6 is 0 Å². The number of carbonyl (C=O) groups is 2. The molecule has 0 bridgehead atoms. The van der Waals surface area contributed by atoms with Gasteiger partial charge in [-0.05, 0) is 43.3 Å². The van der Waals surface area contributed by atoms with E-state index in [1.807, 2.05) is 24.3 Å². The minimum absolute atomic E-state index is 0.211. The molecule has 0 aromatic heterocycles. The maximum atomic E-state index is 12.4. The Bertz CT molecular complexity index is 869. The van der Waals surface area contributed by atoms with Gasteiger partial charge in [-0.2, -0.15) is 5.26 Å². The lowest BCUT2D eigenvalue weighted by Gasteiger charge is -2.36. The molecule has 1 aliphatic rings. The lowest BCUT2D eigenvalue weighted by molar-refractivity contribution is -0.157. The van der Waals surface area contributed by atoms with Gasteiger partial charge in [0.25, 0.3) is 5.91 Å². The fraction of sp³-hybridized carbons (Fsp3) is 0.318. The van der Waals surface area contributed by atoms with E-state index in [0.29, 0.717) is 24.4 Å². The third-order valence-electron chi connectivity index (χ3n) is 4.72. The van der Waals surface area contributed by atoms with E-state index in [1.54, 1.807) is 36.1 Å². The summed E-state index contributed by atoms with van der Waals surface area (Å²) in [5.41, 5.74) is 1.64. The molecule has 0 unspecified atom stereocenters. The summed E-state index contributed by atoms with van der Waals surface area (Å²) in [6.45, 7) is 3.91. The van der Waals surface area contributed by atoms with E-state index in [-0.39, 0.29) is 12.5 Å². The smallest absolute Gasteiger partial charge is 0.347 e. The van der Waals surface area contributed by atoms with Crippen LogP contribution in [0.1, 0.15) is 12.5 Å². The molecule has 7 nitrogen and oxygen atoms in total. The summed E-state index contributed by atoms with van der Waals surface area (Å²) in [6.07, 6.45) is -0.856. The van der Waals surface area contributed by atoms with Crippen molar-refractivity contribution in [2.75, 3.05) is 37.7 Å². The van der Waals surface area contributed by atoms with E-state index in [1.165, 1.54) is 0 Å². The largest absolute Gasteiger partial charge is 0.479 e. The highest BCUT2D eigenvalue weighted by Gasteiger charge is 2.23. The second kappa shape index (κ2) is 9.60. The highest BCUT2D eigenvalue weighted by atomic mass is 16.6. The molecule has 1 amide bonds. The van der Waals surface area contributed by atoms with Crippen LogP contribution in [-0.2, 0) is 14.3 Å². The Morgan fingerprint density at radius 1 is 1.03 bits per heavy atom. The van der Waals surface area contributed by atoms with Crippen LogP contribution in [-0.4, -0.2) is 55.7 Å². The number of esters is 1. The maximum absolute atomic E-state index is 12.4. The van der Waals surface area contributed by atoms with Crippen molar-refractivity contribution in [2.24, 2.45) is 0 Å². The molecule has 2 aromatic rings. The number of para-hydroxylation sites is 1. The number of hydrogen-bond donors (Lipinski definition) is 0. The second-order valence-electron chi connectivity index (χ2n) is 6.71. The Kier molecular flexibility index (Phi) is 6.69. The summed E-state index contributed by atoms with van der Waals surface area (Å²) in [5, 5.41) is 8.80. The number of hydrogen-bond acceptors (Lipinski definition) is 6. The van der Waals surface area contributed by atoms with Gasteiger partial charge in [-0.1, -0.05) is 18.2 Å². The molecule has 1 fully saturated rings. The first-order chi connectivity index (χ1) is 14.1. The van der Waals surface area contributed by atoms with E-state index >= 15 is 0 Å². The molecule has 1 saturated heterocycles. The topological polar surface area (TPSA) is 82.9 Å². The number of ether oxygens (including phenoxy) is 2. The molecule has 1 aliphatic heterocycles. The standard InChI is InChI=1S/C22H23N3O4/c1-17(29-20-9-7-18(15-23)8-10-20)22(27)28-16-21(26)25-13-11-24(12-14-25)19-5-3-2-4-6-19/h2-10,17H,11-14,16H2,1H3/t17-/m0/s1. The normalized spacial score (nSPS) is 14.6. The summed E-state index contributed by atoms with van der Waals surface area (Å²) in [7, 11) is 0. The van der Waals surface area contributed by atoms with E-state index < -0.39 is 12.1 Å². The lowest BCUT2D eigenvalue weighted by Crippen LogP contribution is -2.50. The SMILES string of the molecule is C[C@H](Oc1ccc(C#N)cc1)C(=O)OCC(=O)N1CCN(c2ccccc2)CC1. The molecule has 2 aromatic carbocycles. The Morgan fingerprint density at radius 2 is 1.69 bits per heavy atom. The Hall–Kier alpha value is -3.53. The van der Waals surface area contributed by atoms with Crippen molar-refractivity contribution >= 4 is 17.6 Å². The highest BCUT2D eigenvalue weighted by molar-refractivity contribution is 5.82. The van der Waals surface area contributed by atoms with Gasteiger partial charge in [-0.15, -0.1) is 0 Å². The molecule has 1 heterocycles. The van der Waals surface area contributed by atoms with Gasteiger partial charge < -0.3 is 19.3 Å². The summed E-state index contributed by atoms with van der Waals surface area (Å²) in [6, 6.07) is 18.5. The van der Waals surface area contributed by atoms with Crippen LogP contribution in [0.5, 0.6) is 5.75 Å². The lowest BCUT2D eigenvalue weighted by atomic mass is 10.2. The van der Waals surface area contributed by atoms with Crippen molar-refractivity contribution in [3.8, 4) is 11.8 Å². The maximum Gasteiger partial charge on any atom is 0.347 e. The predicted octanol–water partition coefficient (Wildman–Crippen LogP) is 2.22. The van der Waals surface area contributed by atoms with Crippen LogP contribution < -0.4 is 9.64 Å². The molecule has 0 spiro atoms.